The fraction of sp³-hybridized carbons (Fsp3) is 0.300. The van der Waals surface area contributed by atoms with Crippen LogP contribution in [0.3, 0.4) is 0 Å². The second-order valence-corrected chi connectivity index (χ2v) is 3.39. The van der Waals surface area contributed by atoms with Crippen LogP contribution in [-0.4, -0.2) is 20.5 Å². The number of aromatic nitrogens is 3. The van der Waals surface area contributed by atoms with E-state index in [0.29, 0.717) is 11.2 Å². The van der Waals surface area contributed by atoms with Gasteiger partial charge in [-0.25, -0.2) is 0 Å². The maximum absolute atomic E-state index is 11.1. The standard InChI is InChI=1S/C10H12N4O/c1-3-8-4-7(10(11)15)5-9-13-12-6(2)14(8)9/h4-5H,3H2,1-2H3,(H2,11,15). The first-order chi connectivity index (χ1) is 7.13. The fourth-order valence-corrected chi connectivity index (χ4v) is 1.65. The first-order valence-corrected chi connectivity index (χ1v) is 4.78. The third-order valence-corrected chi connectivity index (χ3v) is 2.39. The Morgan fingerprint density at radius 3 is 2.80 bits per heavy atom. The summed E-state index contributed by atoms with van der Waals surface area (Å²) >= 11 is 0. The van der Waals surface area contributed by atoms with Crippen molar-refractivity contribution in [1.29, 1.82) is 0 Å². The number of hydrogen-bond donors (Lipinski definition) is 1. The number of rotatable bonds is 2. The number of carbonyl (C=O) groups is 1. The first kappa shape index (κ1) is 9.64. The molecule has 0 saturated heterocycles. The minimum Gasteiger partial charge on any atom is -0.366 e. The number of amides is 1. The van der Waals surface area contributed by atoms with Crippen LogP contribution in [0.1, 0.15) is 28.8 Å². The van der Waals surface area contributed by atoms with Gasteiger partial charge >= 0.3 is 0 Å². The van der Waals surface area contributed by atoms with Gasteiger partial charge in [0.25, 0.3) is 0 Å². The fourth-order valence-electron chi connectivity index (χ4n) is 1.65. The number of fused-ring (bicyclic) bond motifs is 1. The lowest BCUT2D eigenvalue weighted by Gasteiger charge is -2.05. The lowest BCUT2D eigenvalue weighted by Crippen LogP contribution is -2.12. The van der Waals surface area contributed by atoms with E-state index in [1.165, 1.54) is 0 Å². The van der Waals surface area contributed by atoms with Crippen molar-refractivity contribution in [1.82, 2.24) is 14.6 Å². The van der Waals surface area contributed by atoms with Crippen molar-refractivity contribution in [3.05, 3.63) is 29.2 Å². The minimum absolute atomic E-state index is 0.437. The Morgan fingerprint density at radius 2 is 2.20 bits per heavy atom. The molecule has 1 amide bonds. The maximum Gasteiger partial charge on any atom is 0.248 e. The third-order valence-electron chi connectivity index (χ3n) is 2.39. The summed E-state index contributed by atoms with van der Waals surface area (Å²) in [5.74, 6) is 0.380. The topological polar surface area (TPSA) is 73.3 Å². The quantitative estimate of drug-likeness (QED) is 0.782. The number of aryl methyl sites for hydroxylation is 2. The van der Waals surface area contributed by atoms with Crippen LogP contribution in [0.15, 0.2) is 12.1 Å². The van der Waals surface area contributed by atoms with Gasteiger partial charge < -0.3 is 5.73 Å². The zero-order valence-corrected chi connectivity index (χ0v) is 8.69. The molecule has 2 N–H and O–H groups in total. The summed E-state index contributed by atoms with van der Waals surface area (Å²) in [7, 11) is 0. The molecule has 0 aliphatic heterocycles. The van der Waals surface area contributed by atoms with Crippen LogP contribution in [-0.2, 0) is 6.42 Å². The highest BCUT2D eigenvalue weighted by molar-refractivity contribution is 5.93. The van der Waals surface area contributed by atoms with Crippen molar-refractivity contribution in [2.75, 3.05) is 0 Å². The van der Waals surface area contributed by atoms with Crippen molar-refractivity contribution in [3.63, 3.8) is 0 Å². The molecule has 0 bridgehead atoms. The summed E-state index contributed by atoms with van der Waals surface area (Å²) in [4.78, 5) is 11.1. The molecule has 5 heteroatoms. The Morgan fingerprint density at radius 1 is 1.47 bits per heavy atom. The molecule has 0 spiro atoms. The van der Waals surface area contributed by atoms with Crippen molar-refractivity contribution in [3.8, 4) is 0 Å². The van der Waals surface area contributed by atoms with Gasteiger partial charge in [-0.3, -0.25) is 9.20 Å². The molecule has 2 aromatic heterocycles. The van der Waals surface area contributed by atoms with Gasteiger partial charge in [0.1, 0.15) is 5.82 Å². The Kier molecular flexibility index (Phi) is 2.15. The molecule has 0 unspecified atom stereocenters. The van der Waals surface area contributed by atoms with E-state index in [2.05, 4.69) is 10.2 Å². The highest BCUT2D eigenvalue weighted by Gasteiger charge is 2.09. The largest absolute Gasteiger partial charge is 0.366 e. The van der Waals surface area contributed by atoms with Crippen LogP contribution in [0.4, 0.5) is 0 Å². The smallest absolute Gasteiger partial charge is 0.248 e. The van der Waals surface area contributed by atoms with E-state index < -0.39 is 5.91 Å². The first-order valence-electron chi connectivity index (χ1n) is 4.78. The maximum atomic E-state index is 11.1. The lowest BCUT2D eigenvalue weighted by molar-refractivity contribution is 0.1000. The Labute approximate surface area is 86.9 Å². The number of hydrogen-bond acceptors (Lipinski definition) is 3. The summed E-state index contributed by atoms with van der Waals surface area (Å²) in [5.41, 5.74) is 7.37. The predicted octanol–water partition coefficient (Wildman–Crippen LogP) is 0.699. The van der Waals surface area contributed by atoms with Crippen LogP contribution in [0.25, 0.3) is 5.65 Å². The Balaban J connectivity index is 2.79. The number of pyridine rings is 1. The molecule has 0 atom stereocenters. The molecule has 0 aliphatic rings. The van der Waals surface area contributed by atoms with Gasteiger partial charge in [-0.15, -0.1) is 10.2 Å². The number of nitrogens with zero attached hydrogens (tertiary/aromatic N) is 3. The molecule has 0 saturated carbocycles. The average molecular weight is 204 g/mol. The molecule has 2 aromatic rings. The average Bonchev–Trinajstić information content (AvgIpc) is 2.59. The molecule has 5 nitrogen and oxygen atoms in total. The summed E-state index contributed by atoms with van der Waals surface area (Å²) in [5, 5.41) is 7.94. The zero-order chi connectivity index (χ0) is 11.0. The molecule has 0 aromatic carbocycles. The molecule has 2 rings (SSSR count). The summed E-state index contributed by atoms with van der Waals surface area (Å²) in [6, 6.07) is 3.44. The van der Waals surface area contributed by atoms with Gasteiger partial charge in [-0.05, 0) is 25.5 Å². The predicted molar refractivity (Wildman–Crippen MR) is 55.6 cm³/mol. The van der Waals surface area contributed by atoms with Crippen molar-refractivity contribution >= 4 is 11.6 Å². The third kappa shape index (κ3) is 1.45. The highest BCUT2D eigenvalue weighted by atomic mass is 16.1. The van der Waals surface area contributed by atoms with Gasteiger partial charge in [0.2, 0.25) is 5.91 Å². The molecule has 0 radical (unpaired) electrons. The van der Waals surface area contributed by atoms with Crippen molar-refractivity contribution < 1.29 is 4.79 Å². The molecular weight excluding hydrogens is 192 g/mol. The van der Waals surface area contributed by atoms with Gasteiger partial charge in [-0.2, -0.15) is 0 Å². The van der Waals surface area contributed by atoms with E-state index in [0.717, 1.165) is 17.9 Å². The van der Waals surface area contributed by atoms with Crippen molar-refractivity contribution in [2.45, 2.75) is 20.3 Å². The van der Waals surface area contributed by atoms with Gasteiger partial charge in [-0.1, -0.05) is 6.92 Å². The second kappa shape index (κ2) is 3.34. The van der Waals surface area contributed by atoms with E-state index in [9.17, 15) is 4.79 Å². The summed E-state index contributed by atoms with van der Waals surface area (Å²) in [6.45, 7) is 3.89. The normalized spacial score (nSPS) is 10.8. The van der Waals surface area contributed by atoms with E-state index >= 15 is 0 Å². The molecule has 2 heterocycles. The van der Waals surface area contributed by atoms with Crippen LogP contribution in [0.2, 0.25) is 0 Å². The number of nitrogens with two attached hydrogens (primary N) is 1. The monoisotopic (exact) mass is 204 g/mol. The highest BCUT2D eigenvalue weighted by Crippen LogP contribution is 2.12. The van der Waals surface area contributed by atoms with Crippen LogP contribution >= 0.6 is 0 Å². The summed E-state index contributed by atoms with van der Waals surface area (Å²) < 4.78 is 1.92. The molecule has 0 fully saturated rings. The van der Waals surface area contributed by atoms with E-state index in [1.54, 1.807) is 12.1 Å². The van der Waals surface area contributed by atoms with Crippen LogP contribution in [0.5, 0.6) is 0 Å². The molecule has 15 heavy (non-hydrogen) atoms. The minimum atomic E-state index is -0.437. The molecular formula is C10H12N4O. The summed E-state index contributed by atoms with van der Waals surface area (Å²) in [6.07, 6.45) is 0.802. The van der Waals surface area contributed by atoms with E-state index in [1.807, 2.05) is 18.2 Å². The van der Waals surface area contributed by atoms with Gasteiger partial charge in [0.05, 0.1) is 0 Å². The van der Waals surface area contributed by atoms with E-state index in [-0.39, 0.29) is 0 Å². The Bertz CT molecular complexity index is 529. The SMILES string of the molecule is CCc1cc(C(N)=O)cc2nnc(C)n12. The van der Waals surface area contributed by atoms with Crippen molar-refractivity contribution in [2.24, 2.45) is 5.73 Å². The van der Waals surface area contributed by atoms with E-state index in [4.69, 9.17) is 5.73 Å². The van der Waals surface area contributed by atoms with Crippen LogP contribution < -0.4 is 5.73 Å². The van der Waals surface area contributed by atoms with Gasteiger partial charge in [0, 0.05) is 11.3 Å². The molecule has 78 valence electrons. The number of primary amides is 1. The Hall–Kier alpha value is -1.91. The lowest BCUT2D eigenvalue weighted by atomic mass is 10.2. The second-order valence-electron chi connectivity index (χ2n) is 3.39. The van der Waals surface area contributed by atoms with Crippen LogP contribution in [0, 0.1) is 6.92 Å². The van der Waals surface area contributed by atoms with Gasteiger partial charge in [0.15, 0.2) is 5.65 Å². The number of carbonyl (C=O) groups excluding carboxylic acids is 1. The molecule has 0 aliphatic carbocycles. The zero-order valence-electron chi connectivity index (χ0n) is 8.69.